The standard InChI is InChI=1S/C11H16N2O4/c1-16-8-5-13-6-9(17-2)11(8)7(12)3-4-10(14)15/h5-7H,3-4,12H2,1-2H3,(H,14,15). The number of carbonyl (C=O) groups is 1. The number of nitrogens with zero attached hydrogens (tertiary/aromatic N) is 1. The van der Waals surface area contributed by atoms with Gasteiger partial charge in [0.2, 0.25) is 0 Å². The first-order chi connectivity index (χ1) is 8.10. The largest absolute Gasteiger partial charge is 0.495 e. The van der Waals surface area contributed by atoms with Crippen LogP contribution in [0.3, 0.4) is 0 Å². The molecule has 3 N–H and O–H groups in total. The van der Waals surface area contributed by atoms with Gasteiger partial charge in [-0.1, -0.05) is 0 Å². The molecule has 0 saturated heterocycles. The molecule has 94 valence electrons. The fourth-order valence-corrected chi connectivity index (χ4v) is 1.55. The van der Waals surface area contributed by atoms with Crippen molar-refractivity contribution in [3.05, 3.63) is 18.0 Å². The molecule has 1 aromatic rings. The van der Waals surface area contributed by atoms with Gasteiger partial charge in [0.25, 0.3) is 0 Å². The average molecular weight is 240 g/mol. The van der Waals surface area contributed by atoms with Crippen LogP contribution in [0.1, 0.15) is 24.4 Å². The number of rotatable bonds is 6. The molecular weight excluding hydrogens is 224 g/mol. The van der Waals surface area contributed by atoms with Crippen LogP contribution in [-0.2, 0) is 4.79 Å². The lowest BCUT2D eigenvalue weighted by atomic mass is 10.0. The van der Waals surface area contributed by atoms with Gasteiger partial charge in [-0.25, -0.2) is 0 Å². The van der Waals surface area contributed by atoms with E-state index in [2.05, 4.69) is 4.98 Å². The van der Waals surface area contributed by atoms with E-state index in [0.717, 1.165) is 0 Å². The van der Waals surface area contributed by atoms with Crippen molar-refractivity contribution >= 4 is 5.97 Å². The molecule has 0 amide bonds. The van der Waals surface area contributed by atoms with Gasteiger partial charge in [-0.3, -0.25) is 9.78 Å². The molecule has 1 atom stereocenters. The van der Waals surface area contributed by atoms with Crippen molar-refractivity contribution in [2.45, 2.75) is 18.9 Å². The summed E-state index contributed by atoms with van der Waals surface area (Å²) < 4.78 is 10.3. The summed E-state index contributed by atoms with van der Waals surface area (Å²) in [5.74, 6) is 0.122. The third-order valence-corrected chi connectivity index (χ3v) is 2.39. The maximum absolute atomic E-state index is 10.5. The zero-order valence-corrected chi connectivity index (χ0v) is 9.84. The Hall–Kier alpha value is -1.82. The molecule has 0 fully saturated rings. The number of carboxylic acids is 1. The maximum atomic E-state index is 10.5. The second kappa shape index (κ2) is 6.05. The zero-order valence-electron chi connectivity index (χ0n) is 9.84. The molecule has 1 unspecified atom stereocenters. The molecule has 0 aromatic carbocycles. The highest BCUT2D eigenvalue weighted by Crippen LogP contribution is 2.33. The minimum atomic E-state index is -0.882. The van der Waals surface area contributed by atoms with Crippen molar-refractivity contribution in [1.29, 1.82) is 0 Å². The van der Waals surface area contributed by atoms with E-state index in [1.165, 1.54) is 26.6 Å². The van der Waals surface area contributed by atoms with Crippen molar-refractivity contribution < 1.29 is 19.4 Å². The highest BCUT2D eigenvalue weighted by molar-refractivity contribution is 5.66. The number of hydrogen-bond acceptors (Lipinski definition) is 5. The van der Waals surface area contributed by atoms with Crippen LogP contribution in [0.2, 0.25) is 0 Å². The first kappa shape index (κ1) is 13.2. The molecule has 0 aliphatic carbocycles. The molecule has 0 radical (unpaired) electrons. The van der Waals surface area contributed by atoms with Crippen molar-refractivity contribution in [3.63, 3.8) is 0 Å². The minimum absolute atomic E-state index is 0.00417. The van der Waals surface area contributed by atoms with Gasteiger partial charge in [-0.15, -0.1) is 0 Å². The molecule has 6 heteroatoms. The molecule has 6 nitrogen and oxygen atoms in total. The number of ether oxygens (including phenoxy) is 2. The Morgan fingerprint density at radius 2 is 1.94 bits per heavy atom. The molecule has 1 aromatic heterocycles. The second-order valence-electron chi connectivity index (χ2n) is 3.50. The fraction of sp³-hybridized carbons (Fsp3) is 0.455. The number of aromatic nitrogens is 1. The van der Waals surface area contributed by atoms with Crippen LogP contribution in [0.25, 0.3) is 0 Å². The second-order valence-corrected chi connectivity index (χ2v) is 3.50. The number of methoxy groups -OCH3 is 2. The Labute approximate surface area is 99.4 Å². The Bertz CT molecular complexity index is 373. The van der Waals surface area contributed by atoms with Crippen LogP contribution >= 0.6 is 0 Å². The summed E-state index contributed by atoms with van der Waals surface area (Å²) >= 11 is 0. The van der Waals surface area contributed by atoms with E-state index in [-0.39, 0.29) is 6.42 Å². The normalized spacial score (nSPS) is 11.9. The average Bonchev–Trinajstić information content (AvgIpc) is 2.34. The SMILES string of the molecule is COc1cncc(OC)c1C(N)CCC(=O)O. The van der Waals surface area contributed by atoms with E-state index >= 15 is 0 Å². The van der Waals surface area contributed by atoms with Crippen LogP contribution < -0.4 is 15.2 Å². The van der Waals surface area contributed by atoms with Gasteiger partial charge in [-0.2, -0.15) is 0 Å². The lowest BCUT2D eigenvalue weighted by Gasteiger charge is -2.17. The van der Waals surface area contributed by atoms with Gasteiger partial charge in [0.15, 0.2) is 0 Å². The van der Waals surface area contributed by atoms with Crippen LogP contribution in [-0.4, -0.2) is 30.3 Å². The zero-order chi connectivity index (χ0) is 12.8. The van der Waals surface area contributed by atoms with Crippen molar-refractivity contribution in [3.8, 4) is 11.5 Å². The van der Waals surface area contributed by atoms with Gasteiger partial charge in [0.1, 0.15) is 11.5 Å². The molecule has 0 spiro atoms. The van der Waals surface area contributed by atoms with Crippen LogP contribution in [0, 0.1) is 0 Å². The van der Waals surface area contributed by atoms with Crippen molar-refractivity contribution in [2.24, 2.45) is 5.73 Å². The molecule has 1 rings (SSSR count). The number of nitrogens with two attached hydrogens (primary N) is 1. The predicted molar refractivity (Wildman–Crippen MR) is 61.1 cm³/mol. The van der Waals surface area contributed by atoms with Crippen LogP contribution in [0.4, 0.5) is 0 Å². The van der Waals surface area contributed by atoms with E-state index < -0.39 is 12.0 Å². The van der Waals surface area contributed by atoms with Crippen molar-refractivity contribution in [2.75, 3.05) is 14.2 Å². The first-order valence-corrected chi connectivity index (χ1v) is 5.13. The molecule has 1 heterocycles. The molecule has 17 heavy (non-hydrogen) atoms. The Kier molecular flexibility index (Phi) is 4.71. The lowest BCUT2D eigenvalue weighted by Crippen LogP contribution is -2.15. The topological polar surface area (TPSA) is 94.7 Å². The van der Waals surface area contributed by atoms with Gasteiger partial charge >= 0.3 is 5.97 Å². The first-order valence-electron chi connectivity index (χ1n) is 5.13. The van der Waals surface area contributed by atoms with Gasteiger partial charge in [-0.05, 0) is 6.42 Å². The smallest absolute Gasteiger partial charge is 0.303 e. The molecule has 0 aliphatic heterocycles. The summed E-state index contributed by atoms with van der Waals surface area (Å²) in [5.41, 5.74) is 6.59. The third kappa shape index (κ3) is 3.32. The number of pyridine rings is 1. The van der Waals surface area contributed by atoms with E-state index in [0.29, 0.717) is 23.5 Å². The number of carboxylic acid groups (broad SMARTS) is 1. The Morgan fingerprint density at radius 1 is 1.41 bits per heavy atom. The monoisotopic (exact) mass is 240 g/mol. The quantitative estimate of drug-likeness (QED) is 0.769. The molecule has 0 aliphatic rings. The minimum Gasteiger partial charge on any atom is -0.495 e. The summed E-state index contributed by atoms with van der Waals surface area (Å²) in [5, 5.41) is 8.63. The number of hydrogen-bond donors (Lipinski definition) is 2. The highest BCUT2D eigenvalue weighted by Gasteiger charge is 2.18. The highest BCUT2D eigenvalue weighted by atomic mass is 16.5. The Morgan fingerprint density at radius 3 is 2.35 bits per heavy atom. The van der Waals surface area contributed by atoms with Gasteiger partial charge < -0.3 is 20.3 Å². The van der Waals surface area contributed by atoms with E-state index in [9.17, 15) is 4.79 Å². The summed E-state index contributed by atoms with van der Waals surface area (Å²) in [6.07, 6.45) is 3.36. The van der Waals surface area contributed by atoms with E-state index in [4.69, 9.17) is 20.3 Å². The lowest BCUT2D eigenvalue weighted by molar-refractivity contribution is -0.137. The fourth-order valence-electron chi connectivity index (χ4n) is 1.55. The summed E-state index contributed by atoms with van der Waals surface area (Å²) in [6.45, 7) is 0. The van der Waals surface area contributed by atoms with E-state index in [1.54, 1.807) is 0 Å². The van der Waals surface area contributed by atoms with Crippen molar-refractivity contribution in [1.82, 2.24) is 4.98 Å². The van der Waals surface area contributed by atoms with Gasteiger partial charge in [0.05, 0.1) is 32.2 Å². The summed E-state index contributed by atoms with van der Waals surface area (Å²) in [7, 11) is 3.01. The number of aliphatic carboxylic acids is 1. The predicted octanol–water partition coefficient (Wildman–Crippen LogP) is 0.963. The Balaban J connectivity index is 2.96. The van der Waals surface area contributed by atoms with Gasteiger partial charge in [0, 0.05) is 12.5 Å². The van der Waals surface area contributed by atoms with Crippen LogP contribution in [0.5, 0.6) is 11.5 Å². The third-order valence-electron chi connectivity index (χ3n) is 2.39. The molecular formula is C11H16N2O4. The molecule has 0 saturated carbocycles. The van der Waals surface area contributed by atoms with Crippen LogP contribution in [0.15, 0.2) is 12.4 Å². The van der Waals surface area contributed by atoms with E-state index in [1.807, 2.05) is 0 Å². The maximum Gasteiger partial charge on any atom is 0.303 e. The molecule has 0 bridgehead atoms. The summed E-state index contributed by atoms with van der Waals surface area (Å²) in [6, 6.07) is -0.459. The summed E-state index contributed by atoms with van der Waals surface area (Å²) in [4.78, 5) is 14.5.